The molecule has 1 N–H and O–H groups in total. The molecule has 0 saturated carbocycles. The third-order valence-corrected chi connectivity index (χ3v) is 4.52. The fraction of sp³-hybridized carbons (Fsp3) is 0.471. The van der Waals surface area contributed by atoms with Gasteiger partial charge in [-0.3, -0.25) is 14.4 Å². The van der Waals surface area contributed by atoms with Gasteiger partial charge in [0, 0.05) is 27.1 Å². The Balaban J connectivity index is 2.25. The van der Waals surface area contributed by atoms with Crippen molar-refractivity contribution in [3.63, 3.8) is 0 Å². The molecule has 1 fully saturated rings. The van der Waals surface area contributed by atoms with Crippen LogP contribution in [0.2, 0.25) is 0 Å². The van der Waals surface area contributed by atoms with Gasteiger partial charge in [-0.1, -0.05) is 12.1 Å². The second-order valence-corrected chi connectivity index (χ2v) is 6.28. The molecule has 2 atom stereocenters. The lowest BCUT2D eigenvalue weighted by molar-refractivity contribution is -0.140. The number of likely N-dealkylation sites (tertiary alicyclic amines) is 1. The number of benzene rings is 1. The predicted molar refractivity (Wildman–Crippen MR) is 85.0 cm³/mol. The molecule has 0 bridgehead atoms. The molecular formula is C17H19F3N2O4. The van der Waals surface area contributed by atoms with Crippen molar-refractivity contribution < 1.29 is 32.7 Å². The van der Waals surface area contributed by atoms with E-state index in [1.165, 1.54) is 36.0 Å². The number of aliphatic carboxylic acids is 1. The fourth-order valence-electron chi connectivity index (χ4n) is 3.07. The zero-order chi connectivity index (χ0) is 19.6. The van der Waals surface area contributed by atoms with Crippen molar-refractivity contribution in [1.29, 1.82) is 0 Å². The summed E-state index contributed by atoms with van der Waals surface area (Å²) in [5.41, 5.74) is -0.383. The molecule has 0 unspecified atom stereocenters. The number of carbonyl (C=O) groups is 3. The van der Waals surface area contributed by atoms with Gasteiger partial charge in [-0.25, -0.2) is 0 Å². The molecule has 1 aliphatic rings. The monoisotopic (exact) mass is 372 g/mol. The van der Waals surface area contributed by atoms with Crippen LogP contribution in [-0.4, -0.2) is 53.3 Å². The maximum Gasteiger partial charge on any atom is 0.416 e. The molecule has 0 aromatic heterocycles. The number of amides is 2. The Kier molecular flexibility index (Phi) is 5.58. The van der Waals surface area contributed by atoms with E-state index in [9.17, 15) is 27.6 Å². The lowest BCUT2D eigenvalue weighted by Crippen LogP contribution is -2.37. The van der Waals surface area contributed by atoms with Crippen LogP contribution in [0.4, 0.5) is 13.2 Å². The summed E-state index contributed by atoms with van der Waals surface area (Å²) in [6.45, 7) is -0.0116. The lowest BCUT2D eigenvalue weighted by atomic mass is 9.92. The Morgan fingerprint density at radius 1 is 1.27 bits per heavy atom. The highest BCUT2D eigenvalue weighted by Crippen LogP contribution is 2.39. The van der Waals surface area contributed by atoms with Gasteiger partial charge in [0.15, 0.2) is 0 Å². The molecule has 142 valence electrons. The van der Waals surface area contributed by atoms with Crippen LogP contribution in [-0.2, 0) is 20.6 Å². The van der Waals surface area contributed by atoms with Crippen molar-refractivity contribution in [2.45, 2.75) is 25.1 Å². The van der Waals surface area contributed by atoms with Crippen LogP contribution in [0.1, 0.15) is 30.0 Å². The number of nitrogens with zero attached hydrogens (tertiary/aromatic N) is 2. The minimum absolute atomic E-state index is 0.0116. The molecule has 2 amide bonds. The Labute approximate surface area is 148 Å². The third-order valence-electron chi connectivity index (χ3n) is 4.52. The van der Waals surface area contributed by atoms with E-state index in [-0.39, 0.29) is 25.3 Å². The van der Waals surface area contributed by atoms with Crippen molar-refractivity contribution in [2.75, 3.05) is 20.6 Å². The first-order valence-corrected chi connectivity index (χ1v) is 7.92. The van der Waals surface area contributed by atoms with Crippen molar-refractivity contribution >= 4 is 17.8 Å². The summed E-state index contributed by atoms with van der Waals surface area (Å²) in [7, 11) is 2.94. The van der Waals surface area contributed by atoms with Crippen LogP contribution < -0.4 is 0 Å². The van der Waals surface area contributed by atoms with Crippen LogP contribution >= 0.6 is 0 Å². The highest BCUT2D eigenvalue weighted by atomic mass is 19.4. The maximum absolute atomic E-state index is 12.7. The van der Waals surface area contributed by atoms with E-state index < -0.39 is 35.6 Å². The zero-order valence-electron chi connectivity index (χ0n) is 14.3. The second-order valence-electron chi connectivity index (χ2n) is 6.28. The largest absolute Gasteiger partial charge is 0.481 e. The van der Waals surface area contributed by atoms with Gasteiger partial charge in [-0.2, -0.15) is 13.2 Å². The Morgan fingerprint density at radius 2 is 1.85 bits per heavy atom. The average molecular weight is 372 g/mol. The summed E-state index contributed by atoms with van der Waals surface area (Å²) in [4.78, 5) is 37.9. The first kappa shape index (κ1) is 19.7. The molecule has 0 spiro atoms. The minimum Gasteiger partial charge on any atom is -0.481 e. The minimum atomic E-state index is -4.47. The second kappa shape index (κ2) is 7.35. The van der Waals surface area contributed by atoms with E-state index in [2.05, 4.69) is 0 Å². The molecule has 1 aromatic carbocycles. The smallest absolute Gasteiger partial charge is 0.416 e. The third kappa shape index (κ3) is 4.14. The van der Waals surface area contributed by atoms with Gasteiger partial charge in [-0.15, -0.1) is 0 Å². The number of carboxylic acids is 1. The number of rotatable bonds is 5. The van der Waals surface area contributed by atoms with Gasteiger partial charge in [0.1, 0.15) is 0 Å². The maximum atomic E-state index is 12.7. The van der Waals surface area contributed by atoms with Gasteiger partial charge >= 0.3 is 12.1 Å². The summed E-state index contributed by atoms with van der Waals surface area (Å²) in [5, 5.41) is 8.72. The molecule has 0 radical (unpaired) electrons. The number of hydrogen-bond donors (Lipinski definition) is 1. The van der Waals surface area contributed by atoms with Crippen molar-refractivity contribution in [3.05, 3.63) is 35.4 Å². The number of halogens is 3. The molecule has 1 aliphatic heterocycles. The Bertz CT molecular complexity index is 703. The molecule has 1 saturated heterocycles. The van der Waals surface area contributed by atoms with Crippen molar-refractivity contribution in [2.24, 2.45) is 5.92 Å². The molecule has 1 aromatic rings. The van der Waals surface area contributed by atoms with Crippen LogP contribution in [0.5, 0.6) is 0 Å². The van der Waals surface area contributed by atoms with E-state index in [1.807, 2.05) is 0 Å². The first-order chi connectivity index (χ1) is 12.0. The van der Waals surface area contributed by atoms with Gasteiger partial charge in [-0.05, 0) is 17.7 Å². The summed E-state index contributed by atoms with van der Waals surface area (Å²) in [6, 6.07) is 3.67. The fourth-order valence-corrected chi connectivity index (χ4v) is 3.07. The molecular weight excluding hydrogens is 353 g/mol. The van der Waals surface area contributed by atoms with E-state index in [1.54, 1.807) is 0 Å². The molecule has 9 heteroatoms. The molecule has 6 nitrogen and oxygen atoms in total. The summed E-state index contributed by atoms with van der Waals surface area (Å²) < 4.78 is 38.2. The van der Waals surface area contributed by atoms with Crippen molar-refractivity contribution in [3.8, 4) is 0 Å². The SMILES string of the molecule is CN(CCC(=O)O)C(=O)[C@H]1CC(=O)N(C)[C@H]1c1ccc(C(F)(F)F)cc1. The number of carboxylic acid groups (broad SMARTS) is 1. The molecule has 1 heterocycles. The van der Waals surface area contributed by atoms with E-state index in [0.717, 1.165) is 12.1 Å². The highest BCUT2D eigenvalue weighted by molar-refractivity contribution is 5.90. The quantitative estimate of drug-likeness (QED) is 0.859. The van der Waals surface area contributed by atoms with E-state index in [0.29, 0.717) is 5.56 Å². The van der Waals surface area contributed by atoms with Crippen molar-refractivity contribution in [1.82, 2.24) is 9.80 Å². The average Bonchev–Trinajstić information content (AvgIpc) is 2.86. The Hall–Kier alpha value is -2.58. The number of alkyl halides is 3. The predicted octanol–water partition coefficient (Wildman–Crippen LogP) is 2.16. The summed E-state index contributed by atoms with van der Waals surface area (Å²) in [6.07, 6.45) is -4.77. The zero-order valence-corrected chi connectivity index (χ0v) is 14.3. The molecule has 0 aliphatic carbocycles. The Morgan fingerprint density at radius 3 is 2.35 bits per heavy atom. The summed E-state index contributed by atoms with van der Waals surface area (Å²) in [5.74, 6) is -2.53. The van der Waals surface area contributed by atoms with Gasteiger partial charge in [0.25, 0.3) is 0 Å². The first-order valence-electron chi connectivity index (χ1n) is 7.92. The standard InChI is InChI=1S/C17H19F3N2O4/c1-21(8-7-14(24)25)16(26)12-9-13(23)22(2)15(12)10-3-5-11(6-4-10)17(18,19)20/h3-6,12,15H,7-9H2,1-2H3,(H,24,25)/t12-,15-/m0/s1. The molecule has 26 heavy (non-hydrogen) atoms. The lowest BCUT2D eigenvalue weighted by Gasteiger charge is -2.28. The normalized spacial score (nSPS) is 20.3. The van der Waals surface area contributed by atoms with Crippen LogP contribution in [0.3, 0.4) is 0 Å². The molecule has 2 rings (SSSR count). The van der Waals surface area contributed by atoms with Crippen LogP contribution in [0.25, 0.3) is 0 Å². The van der Waals surface area contributed by atoms with E-state index >= 15 is 0 Å². The van der Waals surface area contributed by atoms with Crippen LogP contribution in [0.15, 0.2) is 24.3 Å². The summed E-state index contributed by atoms with van der Waals surface area (Å²) >= 11 is 0. The topological polar surface area (TPSA) is 77.9 Å². The number of carbonyl (C=O) groups excluding carboxylic acids is 2. The van der Waals surface area contributed by atoms with E-state index in [4.69, 9.17) is 5.11 Å². The highest BCUT2D eigenvalue weighted by Gasteiger charge is 2.44. The van der Waals surface area contributed by atoms with Gasteiger partial charge in [0.05, 0.1) is 23.9 Å². The van der Waals surface area contributed by atoms with Gasteiger partial charge in [0.2, 0.25) is 11.8 Å². The van der Waals surface area contributed by atoms with Crippen LogP contribution in [0, 0.1) is 5.92 Å². The number of hydrogen-bond acceptors (Lipinski definition) is 3. The van der Waals surface area contributed by atoms with Gasteiger partial charge < -0.3 is 14.9 Å².